The van der Waals surface area contributed by atoms with Crippen LogP contribution in [0.1, 0.15) is 18.5 Å². The van der Waals surface area contributed by atoms with E-state index in [1.54, 1.807) is 11.8 Å². The van der Waals surface area contributed by atoms with Gasteiger partial charge in [-0.05, 0) is 25.1 Å². The summed E-state index contributed by atoms with van der Waals surface area (Å²) in [6.07, 6.45) is 0. The Kier molecular flexibility index (Phi) is 3.61. The zero-order valence-corrected chi connectivity index (χ0v) is 13.7. The van der Waals surface area contributed by atoms with Crippen molar-refractivity contribution in [1.82, 2.24) is 0 Å². The van der Waals surface area contributed by atoms with E-state index in [0.29, 0.717) is 0 Å². The second-order valence-corrected chi connectivity index (χ2v) is 6.73. The summed E-state index contributed by atoms with van der Waals surface area (Å²) in [5.74, 6) is -0.0566. The normalized spacial score (nSPS) is 24.1. The number of halogens is 1. The van der Waals surface area contributed by atoms with Crippen molar-refractivity contribution in [2.75, 3.05) is 23.9 Å². The zero-order valence-electron chi connectivity index (χ0n) is 13.0. The molecule has 0 aliphatic carbocycles. The van der Waals surface area contributed by atoms with Gasteiger partial charge in [0.15, 0.2) is 0 Å². The summed E-state index contributed by atoms with van der Waals surface area (Å²) < 4.78 is 0. The van der Waals surface area contributed by atoms with Gasteiger partial charge in [0.05, 0.1) is 6.04 Å². The monoisotopic (exact) mass is 314 g/mol. The third-order valence-electron chi connectivity index (χ3n) is 4.16. The molecular formula is C18H19ClN2O. The van der Waals surface area contributed by atoms with Gasteiger partial charge < -0.3 is 9.80 Å². The predicted molar refractivity (Wildman–Crippen MR) is 91.7 cm³/mol. The summed E-state index contributed by atoms with van der Waals surface area (Å²) in [4.78, 5) is 15.5. The maximum Gasteiger partial charge on any atom is 0.251 e. The molecule has 0 saturated carbocycles. The standard InChI is InChI=1S/C18H19ClN2O/c1-18(19)16(14-11-7-8-12-15(14)20(2)3)21(17(18)22)13-9-5-4-6-10-13/h4-12,16H,1-3H3. The molecule has 0 aromatic heterocycles. The Morgan fingerprint density at radius 1 is 1.05 bits per heavy atom. The number of benzene rings is 2. The highest BCUT2D eigenvalue weighted by Gasteiger charge is 2.58. The van der Waals surface area contributed by atoms with Crippen molar-refractivity contribution in [2.24, 2.45) is 0 Å². The average molecular weight is 315 g/mol. The van der Waals surface area contributed by atoms with Crippen LogP contribution in [0.5, 0.6) is 0 Å². The van der Waals surface area contributed by atoms with E-state index in [4.69, 9.17) is 11.6 Å². The van der Waals surface area contributed by atoms with Crippen molar-refractivity contribution in [3.05, 3.63) is 60.2 Å². The lowest BCUT2D eigenvalue weighted by Gasteiger charge is -2.51. The molecule has 3 rings (SSSR count). The van der Waals surface area contributed by atoms with Crippen LogP contribution >= 0.6 is 11.6 Å². The zero-order chi connectivity index (χ0) is 15.9. The molecule has 2 aromatic rings. The van der Waals surface area contributed by atoms with Gasteiger partial charge in [0.25, 0.3) is 5.91 Å². The van der Waals surface area contributed by atoms with Crippen molar-refractivity contribution in [1.29, 1.82) is 0 Å². The Morgan fingerprint density at radius 2 is 1.64 bits per heavy atom. The molecule has 1 aliphatic heterocycles. The third kappa shape index (κ3) is 2.17. The SMILES string of the molecule is CN(C)c1ccccc1C1N(c2ccccc2)C(=O)C1(C)Cl. The molecule has 2 unspecified atom stereocenters. The van der Waals surface area contributed by atoms with Crippen LogP contribution in [0.3, 0.4) is 0 Å². The summed E-state index contributed by atoms with van der Waals surface area (Å²) in [5.41, 5.74) is 3.02. The minimum absolute atomic E-state index is 0.0566. The maximum absolute atomic E-state index is 12.5. The van der Waals surface area contributed by atoms with Crippen LogP contribution in [-0.4, -0.2) is 24.9 Å². The van der Waals surface area contributed by atoms with Gasteiger partial charge in [-0.2, -0.15) is 0 Å². The van der Waals surface area contributed by atoms with Gasteiger partial charge in [-0.3, -0.25) is 4.79 Å². The van der Waals surface area contributed by atoms with Crippen molar-refractivity contribution in [3.8, 4) is 0 Å². The number of rotatable bonds is 3. The molecule has 2 atom stereocenters. The molecule has 0 spiro atoms. The van der Waals surface area contributed by atoms with E-state index >= 15 is 0 Å². The van der Waals surface area contributed by atoms with Crippen LogP contribution in [0.2, 0.25) is 0 Å². The van der Waals surface area contributed by atoms with Crippen molar-refractivity contribution < 1.29 is 4.79 Å². The number of amides is 1. The summed E-state index contributed by atoms with van der Waals surface area (Å²) in [7, 11) is 4.00. The van der Waals surface area contributed by atoms with Gasteiger partial charge in [-0.15, -0.1) is 11.6 Å². The first-order valence-corrected chi connectivity index (χ1v) is 7.66. The van der Waals surface area contributed by atoms with Gasteiger partial charge >= 0.3 is 0 Å². The summed E-state index contributed by atoms with van der Waals surface area (Å²) in [5, 5.41) is 0. The molecule has 1 saturated heterocycles. The van der Waals surface area contributed by atoms with Gasteiger partial charge in [-0.1, -0.05) is 36.4 Å². The highest BCUT2D eigenvalue weighted by molar-refractivity contribution is 6.41. The van der Waals surface area contributed by atoms with Gasteiger partial charge in [0.2, 0.25) is 0 Å². The van der Waals surface area contributed by atoms with E-state index < -0.39 is 4.87 Å². The number of hydrogen-bond donors (Lipinski definition) is 0. The summed E-state index contributed by atoms with van der Waals surface area (Å²) >= 11 is 6.57. The molecule has 1 amide bonds. The molecule has 4 heteroatoms. The van der Waals surface area contributed by atoms with E-state index in [0.717, 1.165) is 16.9 Å². The smallest absolute Gasteiger partial charge is 0.251 e. The Labute approximate surface area is 136 Å². The van der Waals surface area contributed by atoms with Gasteiger partial charge in [0.1, 0.15) is 4.87 Å². The molecule has 1 heterocycles. The fourth-order valence-electron chi connectivity index (χ4n) is 3.06. The van der Waals surface area contributed by atoms with Crippen LogP contribution in [0.25, 0.3) is 0 Å². The number of anilines is 2. The Hall–Kier alpha value is -2.00. The van der Waals surface area contributed by atoms with Crippen LogP contribution in [0.15, 0.2) is 54.6 Å². The Balaban J connectivity index is 2.09. The lowest BCUT2D eigenvalue weighted by Crippen LogP contribution is -2.64. The van der Waals surface area contributed by atoms with Crippen LogP contribution < -0.4 is 9.80 Å². The fraction of sp³-hybridized carbons (Fsp3) is 0.278. The molecule has 0 N–H and O–H groups in total. The van der Waals surface area contributed by atoms with Crippen molar-refractivity contribution >= 4 is 28.9 Å². The highest BCUT2D eigenvalue weighted by Crippen LogP contribution is 2.51. The number of carbonyl (C=O) groups excluding carboxylic acids is 1. The average Bonchev–Trinajstić information content (AvgIpc) is 2.52. The van der Waals surface area contributed by atoms with Crippen molar-refractivity contribution in [2.45, 2.75) is 17.8 Å². The lowest BCUT2D eigenvalue weighted by atomic mass is 9.81. The quantitative estimate of drug-likeness (QED) is 0.635. The second kappa shape index (κ2) is 5.33. The third-order valence-corrected chi connectivity index (χ3v) is 4.52. The molecule has 2 aromatic carbocycles. The van der Waals surface area contributed by atoms with Crippen LogP contribution in [0, 0.1) is 0 Å². The molecule has 114 valence electrons. The lowest BCUT2D eigenvalue weighted by molar-refractivity contribution is -0.127. The minimum Gasteiger partial charge on any atom is -0.377 e. The molecule has 3 nitrogen and oxygen atoms in total. The molecule has 1 fully saturated rings. The van der Waals surface area contributed by atoms with E-state index in [-0.39, 0.29) is 11.9 Å². The van der Waals surface area contributed by atoms with E-state index in [2.05, 4.69) is 0 Å². The number of para-hydroxylation sites is 2. The number of alkyl halides is 1. The summed E-state index contributed by atoms with van der Waals surface area (Å²) in [6, 6.07) is 17.6. The number of β-lactam (4-membered cyclic amide) rings is 1. The molecule has 0 bridgehead atoms. The van der Waals surface area contributed by atoms with E-state index in [1.807, 2.05) is 73.6 Å². The number of hydrogen-bond acceptors (Lipinski definition) is 2. The summed E-state index contributed by atoms with van der Waals surface area (Å²) in [6.45, 7) is 1.80. The Bertz CT molecular complexity index is 697. The van der Waals surface area contributed by atoms with Crippen molar-refractivity contribution in [3.63, 3.8) is 0 Å². The molecule has 22 heavy (non-hydrogen) atoms. The molecule has 0 radical (unpaired) electrons. The molecular weight excluding hydrogens is 296 g/mol. The van der Waals surface area contributed by atoms with Crippen LogP contribution in [-0.2, 0) is 4.79 Å². The van der Waals surface area contributed by atoms with Gasteiger partial charge in [-0.25, -0.2) is 0 Å². The topological polar surface area (TPSA) is 23.6 Å². The minimum atomic E-state index is -0.915. The highest BCUT2D eigenvalue weighted by atomic mass is 35.5. The first-order chi connectivity index (χ1) is 10.4. The molecule has 1 aliphatic rings. The first-order valence-electron chi connectivity index (χ1n) is 7.28. The van der Waals surface area contributed by atoms with E-state index in [9.17, 15) is 4.79 Å². The Morgan fingerprint density at radius 3 is 2.27 bits per heavy atom. The fourth-order valence-corrected chi connectivity index (χ4v) is 3.36. The van der Waals surface area contributed by atoms with E-state index in [1.165, 1.54) is 0 Å². The second-order valence-electron chi connectivity index (χ2n) is 5.94. The maximum atomic E-state index is 12.5. The van der Waals surface area contributed by atoms with Crippen LogP contribution in [0.4, 0.5) is 11.4 Å². The van der Waals surface area contributed by atoms with Gasteiger partial charge in [0, 0.05) is 31.0 Å². The largest absolute Gasteiger partial charge is 0.377 e. The first kappa shape index (κ1) is 14.9. The number of carbonyl (C=O) groups is 1. The predicted octanol–water partition coefficient (Wildman–Crippen LogP) is 3.84. The number of nitrogens with zero attached hydrogens (tertiary/aromatic N) is 2.